The van der Waals surface area contributed by atoms with E-state index in [1.54, 1.807) is 18.7 Å². The molecule has 0 N–H and O–H groups in total. The van der Waals surface area contributed by atoms with Crippen molar-refractivity contribution in [2.45, 2.75) is 52.6 Å². The normalized spacial score (nSPS) is 26.3. The Morgan fingerprint density at radius 3 is 2.52 bits per heavy atom. The number of carbonyl (C=O) groups excluding carboxylic acids is 2. The molecule has 0 aliphatic carbocycles. The lowest BCUT2D eigenvalue weighted by Crippen LogP contribution is -2.49. The average molecular weight is 362 g/mol. The Labute approximate surface area is 153 Å². The zero-order valence-electron chi connectivity index (χ0n) is 15.6. The number of hydrogen-bond acceptors (Lipinski definition) is 5. The Hall–Kier alpha value is -1.47. The first kappa shape index (κ1) is 18.3. The fourth-order valence-electron chi connectivity index (χ4n) is 3.65. The SMILES string of the molecule is CC(=O)N(C)C1CCN(C(C)C2=NC(=O)C3C(=N2)SC(C)=C3C)CC1. The number of hydrogen-bond donors (Lipinski definition) is 0. The summed E-state index contributed by atoms with van der Waals surface area (Å²) in [5, 5.41) is 0.878. The number of carbonyl (C=O) groups is 2. The molecule has 136 valence electrons. The summed E-state index contributed by atoms with van der Waals surface area (Å²) >= 11 is 1.60. The molecule has 0 radical (unpaired) electrons. The fourth-order valence-corrected chi connectivity index (χ4v) is 4.77. The van der Waals surface area contributed by atoms with Gasteiger partial charge >= 0.3 is 0 Å². The van der Waals surface area contributed by atoms with Crippen LogP contribution in [0.15, 0.2) is 20.5 Å². The molecule has 2 amide bonds. The molecule has 25 heavy (non-hydrogen) atoms. The molecule has 3 aliphatic rings. The second-order valence-corrected chi connectivity index (χ2v) is 8.34. The number of rotatable bonds is 3. The molecule has 0 saturated carbocycles. The van der Waals surface area contributed by atoms with Crippen LogP contribution in [0.5, 0.6) is 0 Å². The van der Waals surface area contributed by atoms with Crippen LogP contribution in [-0.2, 0) is 9.59 Å². The maximum atomic E-state index is 12.5. The maximum Gasteiger partial charge on any atom is 0.261 e. The van der Waals surface area contributed by atoms with E-state index in [4.69, 9.17) is 4.99 Å². The van der Waals surface area contributed by atoms with E-state index in [0.29, 0.717) is 11.9 Å². The van der Waals surface area contributed by atoms with Crippen molar-refractivity contribution in [2.24, 2.45) is 15.9 Å². The van der Waals surface area contributed by atoms with Crippen molar-refractivity contribution in [3.63, 3.8) is 0 Å². The average Bonchev–Trinajstić information content (AvgIpc) is 2.88. The summed E-state index contributed by atoms with van der Waals surface area (Å²) in [7, 11) is 1.87. The first-order chi connectivity index (χ1) is 11.8. The molecular formula is C18H26N4O2S. The van der Waals surface area contributed by atoms with E-state index in [2.05, 4.69) is 16.8 Å². The number of allylic oxidation sites excluding steroid dienone is 1. The van der Waals surface area contributed by atoms with Gasteiger partial charge in [-0.2, -0.15) is 4.99 Å². The van der Waals surface area contributed by atoms with E-state index in [1.165, 1.54) is 0 Å². The molecule has 3 aliphatic heterocycles. The Bertz CT molecular complexity index is 689. The zero-order valence-corrected chi connectivity index (χ0v) is 16.4. The van der Waals surface area contributed by atoms with Gasteiger partial charge in [-0.05, 0) is 44.1 Å². The molecule has 6 nitrogen and oxygen atoms in total. The molecule has 0 spiro atoms. The molecule has 0 aromatic rings. The molecular weight excluding hydrogens is 336 g/mol. The third-order valence-electron chi connectivity index (χ3n) is 5.65. The molecule has 1 fully saturated rings. The van der Waals surface area contributed by atoms with Gasteiger partial charge in [0, 0.05) is 33.1 Å². The van der Waals surface area contributed by atoms with E-state index in [0.717, 1.165) is 41.5 Å². The van der Waals surface area contributed by atoms with E-state index >= 15 is 0 Å². The van der Waals surface area contributed by atoms with Crippen molar-refractivity contribution < 1.29 is 9.59 Å². The predicted molar refractivity (Wildman–Crippen MR) is 102 cm³/mol. The second-order valence-electron chi connectivity index (χ2n) is 7.11. The number of fused-ring (bicyclic) bond motifs is 1. The summed E-state index contributed by atoms with van der Waals surface area (Å²) < 4.78 is 0. The van der Waals surface area contributed by atoms with Crippen molar-refractivity contribution >= 4 is 34.5 Å². The van der Waals surface area contributed by atoms with Gasteiger partial charge < -0.3 is 4.90 Å². The number of thioether (sulfide) groups is 1. The van der Waals surface area contributed by atoms with Gasteiger partial charge in [0.05, 0.1) is 11.1 Å². The minimum absolute atomic E-state index is 0.0165. The van der Waals surface area contributed by atoms with Crippen LogP contribution in [0, 0.1) is 5.92 Å². The van der Waals surface area contributed by atoms with E-state index in [9.17, 15) is 9.59 Å². The highest BCUT2D eigenvalue weighted by Crippen LogP contribution is 2.40. The Morgan fingerprint density at radius 2 is 1.92 bits per heavy atom. The molecule has 0 aromatic heterocycles. The number of piperidine rings is 1. The van der Waals surface area contributed by atoms with Gasteiger partial charge in [-0.25, -0.2) is 4.99 Å². The van der Waals surface area contributed by atoms with Crippen LogP contribution in [0.25, 0.3) is 0 Å². The van der Waals surface area contributed by atoms with Gasteiger partial charge in [0.15, 0.2) is 0 Å². The summed E-state index contributed by atoms with van der Waals surface area (Å²) in [5.41, 5.74) is 1.08. The Balaban J connectivity index is 1.66. The Kier molecular flexibility index (Phi) is 5.16. The van der Waals surface area contributed by atoms with Crippen LogP contribution in [0.4, 0.5) is 0 Å². The zero-order chi connectivity index (χ0) is 18.3. The molecule has 1 saturated heterocycles. The topological polar surface area (TPSA) is 65.3 Å². The fraction of sp³-hybridized carbons (Fsp3) is 0.667. The number of aliphatic imine (C=N–C) groups is 2. The highest BCUT2D eigenvalue weighted by molar-refractivity contribution is 8.17. The number of amidine groups is 1. The Morgan fingerprint density at radius 1 is 1.28 bits per heavy atom. The minimum Gasteiger partial charge on any atom is -0.343 e. The van der Waals surface area contributed by atoms with E-state index in [-0.39, 0.29) is 23.8 Å². The van der Waals surface area contributed by atoms with Crippen LogP contribution in [0.2, 0.25) is 0 Å². The standard InChI is InChI=1S/C18H26N4O2S/c1-10-12(3)25-18-15(10)17(24)19-16(20-18)11(2)22-8-6-14(7-9-22)21(5)13(4)23/h11,14-15H,6-9H2,1-5H3. The number of amides is 2. The van der Waals surface area contributed by atoms with Gasteiger partial charge in [-0.1, -0.05) is 11.8 Å². The lowest BCUT2D eigenvalue weighted by Gasteiger charge is -2.39. The lowest BCUT2D eigenvalue weighted by molar-refractivity contribution is -0.130. The number of likely N-dealkylation sites (tertiary alicyclic amines) is 1. The van der Waals surface area contributed by atoms with Crippen molar-refractivity contribution in [2.75, 3.05) is 20.1 Å². The van der Waals surface area contributed by atoms with Crippen LogP contribution in [0.1, 0.15) is 40.5 Å². The van der Waals surface area contributed by atoms with Crippen LogP contribution < -0.4 is 0 Å². The quantitative estimate of drug-likeness (QED) is 0.773. The third kappa shape index (κ3) is 3.44. The van der Waals surface area contributed by atoms with Crippen molar-refractivity contribution in [3.05, 3.63) is 10.5 Å². The maximum absolute atomic E-state index is 12.5. The highest BCUT2D eigenvalue weighted by Gasteiger charge is 2.38. The molecule has 3 rings (SSSR count). The molecule has 2 unspecified atom stereocenters. The lowest BCUT2D eigenvalue weighted by atomic mass is 9.99. The van der Waals surface area contributed by atoms with Gasteiger partial charge in [0.25, 0.3) is 5.91 Å². The summed E-state index contributed by atoms with van der Waals surface area (Å²) in [4.78, 5) is 38.3. The smallest absolute Gasteiger partial charge is 0.261 e. The van der Waals surface area contributed by atoms with Gasteiger partial charge in [-0.3, -0.25) is 14.5 Å². The summed E-state index contributed by atoms with van der Waals surface area (Å²) in [6, 6.07) is 0.314. The van der Waals surface area contributed by atoms with Crippen molar-refractivity contribution in [3.8, 4) is 0 Å². The summed E-state index contributed by atoms with van der Waals surface area (Å²) in [6.07, 6.45) is 1.88. The van der Waals surface area contributed by atoms with Crippen LogP contribution in [-0.4, -0.2) is 64.7 Å². The predicted octanol–water partition coefficient (Wildman–Crippen LogP) is 2.31. The highest BCUT2D eigenvalue weighted by atomic mass is 32.2. The first-order valence-electron chi connectivity index (χ1n) is 8.83. The van der Waals surface area contributed by atoms with E-state index in [1.807, 2.05) is 25.8 Å². The number of nitrogens with zero attached hydrogens (tertiary/aromatic N) is 4. The van der Waals surface area contributed by atoms with Crippen molar-refractivity contribution in [1.82, 2.24) is 9.80 Å². The van der Waals surface area contributed by atoms with Crippen molar-refractivity contribution in [1.29, 1.82) is 0 Å². The molecule has 2 atom stereocenters. The van der Waals surface area contributed by atoms with Crippen LogP contribution >= 0.6 is 11.8 Å². The summed E-state index contributed by atoms with van der Waals surface area (Å²) in [5.74, 6) is 0.406. The van der Waals surface area contributed by atoms with E-state index < -0.39 is 0 Å². The third-order valence-corrected chi connectivity index (χ3v) is 6.82. The van der Waals surface area contributed by atoms with Gasteiger partial charge in [0.1, 0.15) is 11.8 Å². The molecule has 7 heteroatoms. The molecule has 3 heterocycles. The van der Waals surface area contributed by atoms with Gasteiger partial charge in [0.2, 0.25) is 5.91 Å². The second kappa shape index (κ2) is 7.03. The van der Waals surface area contributed by atoms with Crippen LogP contribution in [0.3, 0.4) is 0 Å². The molecule has 0 bridgehead atoms. The largest absolute Gasteiger partial charge is 0.343 e. The van der Waals surface area contributed by atoms with Gasteiger partial charge in [-0.15, -0.1) is 0 Å². The molecule has 0 aromatic carbocycles. The first-order valence-corrected chi connectivity index (χ1v) is 9.65. The minimum atomic E-state index is -0.254. The monoisotopic (exact) mass is 362 g/mol. The summed E-state index contributed by atoms with van der Waals surface area (Å²) in [6.45, 7) is 9.48.